The molecule has 5 nitrogen and oxygen atoms in total. The van der Waals surface area contributed by atoms with Crippen molar-refractivity contribution in [3.63, 3.8) is 0 Å². The maximum Gasteiger partial charge on any atom is 0.220 e. The number of imidazole rings is 1. The summed E-state index contributed by atoms with van der Waals surface area (Å²) in [5.41, 5.74) is 6.61. The van der Waals surface area contributed by atoms with Crippen LogP contribution in [-0.2, 0) is 11.3 Å². The van der Waals surface area contributed by atoms with Crippen LogP contribution in [-0.4, -0.2) is 39.6 Å². The molecule has 0 radical (unpaired) electrons. The molecule has 2 N–H and O–H groups in total. The zero-order chi connectivity index (χ0) is 25.8. The number of hydrogen-bond acceptors (Lipinski definition) is 3. The van der Waals surface area contributed by atoms with Crippen LogP contribution in [0.1, 0.15) is 51.5 Å². The Balaban J connectivity index is 2.17. The van der Waals surface area contributed by atoms with Crippen molar-refractivity contribution in [2.45, 2.75) is 52.7 Å². The van der Waals surface area contributed by atoms with Crippen molar-refractivity contribution in [1.82, 2.24) is 14.5 Å². The Labute approximate surface area is 204 Å². The molecule has 3 aromatic rings. The van der Waals surface area contributed by atoms with E-state index in [1.54, 1.807) is 11.1 Å². The molecule has 0 saturated heterocycles. The fraction of sp³-hybridized carbons (Fsp3) is 0.407. The molecule has 8 heteroatoms. The first kappa shape index (κ1) is 26.5. The summed E-state index contributed by atoms with van der Waals surface area (Å²) in [7, 11) is 0. The molecule has 188 valence electrons. The normalized spacial score (nSPS) is 13.5. The van der Waals surface area contributed by atoms with Gasteiger partial charge < -0.3 is 15.2 Å². The molecule has 2 aromatic carbocycles. The second kappa shape index (κ2) is 11.1. The standard InChI is InChI=1S/C27H33F3N4O/c1-18(35)34(13-12-21(31)15-28)25(27(2,3)4)26-32-24(22-14-20(29)10-11-23(22)30)17-33(26)16-19-8-6-5-7-9-19/h5-11,14,17,21,25H,12-13,15-16,31H2,1-4H3/t21-,25-/m0/s1. The fourth-order valence-corrected chi connectivity index (χ4v) is 4.22. The lowest BCUT2D eigenvalue weighted by atomic mass is 9.84. The van der Waals surface area contributed by atoms with Crippen LogP contribution in [0.4, 0.5) is 13.2 Å². The number of carbonyl (C=O) groups is 1. The van der Waals surface area contributed by atoms with Gasteiger partial charge >= 0.3 is 0 Å². The zero-order valence-electron chi connectivity index (χ0n) is 20.6. The Kier molecular flexibility index (Phi) is 8.38. The Morgan fingerprint density at radius 2 is 1.83 bits per heavy atom. The maximum atomic E-state index is 14.7. The summed E-state index contributed by atoms with van der Waals surface area (Å²) in [6.45, 7) is 7.37. The predicted octanol–water partition coefficient (Wildman–Crippen LogP) is 5.50. The summed E-state index contributed by atoms with van der Waals surface area (Å²) in [6, 6.07) is 11.7. The van der Waals surface area contributed by atoms with E-state index in [2.05, 4.69) is 0 Å². The van der Waals surface area contributed by atoms with E-state index in [9.17, 15) is 18.0 Å². The van der Waals surface area contributed by atoms with Gasteiger partial charge in [0.05, 0.1) is 11.7 Å². The van der Waals surface area contributed by atoms with E-state index in [0.717, 1.165) is 23.8 Å². The number of aromatic nitrogens is 2. The molecule has 1 amide bonds. The van der Waals surface area contributed by atoms with Crippen molar-refractivity contribution in [3.05, 3.63) is 77.8 Å². The number of benzene rings is 2. The van der Waals surface area contributed by atoms with E-state index >= 15 is 0 Å². The molecule has 35 heavy (non-hydrogen) atoms. The van der Waals surface area contributed by atoms with Crippen molar-refractivity contribution in [1.29, 1.82) is 0 Å². The van der Waals surface area contributed by atoms with Crippen LogP contribution in [0.5, 0.6) is 0 Å². The molecule has 2 atom stereocenters. The number of carbonyl (C=O) groups excluding carboxylic acids is 1. The van der Waals surface area contributed by atoms with Gasteiger partial charge in [-0.3, -0.25) is 4.79 Å². The third-order valence-corrected chi connectivity index (χ3v) is 5.93. The summed E-state index contributed by atoms with van der Waals surface area (Å²) in [4.78, 5) is 19.2. The largest absolute Gasteiger partial charge is 0.332 e. The summed E-state index contributed by atoms with van der Waals surface area (Å²) in [5, 5.41) is 0. The van der Waals surface area contributed by atoms with Gasteiger partial charge in [0.15, 0.2) is 0 Å². The molecule has 0 saturated carbocycles. The molecule has 3 rings (SSSR count). The van der Waals surface area contributed by atoms with Crippen LogP contribution in [0, 0.1) is 17.0 Å². The molecule has 0 aliphatic rings. The highest BCUT2D eigenvalue weighted by molar-refractivity contribution is 5.74. The third-order valence-electron chi connectivity index (χ3n) is 5.93. The van der Waals surface area contributed by atoms with Gasteiger partial charge in [0, 0.05) is 37.8 Å². The first-order chi connectivity index (χ1) is 16.5. The second-order valence-corrected chi connectivity index (χ2v) is 9.91. The molecule has 0 spiro atoms. The van der Waals surface area contributed by atoms with Gasteiger partial charge in [-0.25, -0.2) is 18.2 Å². The highest BCUT2D eigenvalue weighted by Gasteiger charge is 2.37. The molecular weight excluding hydrogens is 453 g/mol. The van der Waals surface area contributed by atoms with Gasteiger partial charge in [0.2, 0.25) is 5.91 Å². The van der Waals surface area contributed by atoms with Gasteiger partial charge in [0.1, 0.15) is 24.1 Å². The lowest BCUT2D eigenvalue weighted by molar-refractivity contribution is -0.134. The Morgan fingerprint density at radius 1 is 1.14 bits per heavy atom. The number of nitrogens with zero attached hydrogens (tertiary/aromatic N) is 3. The number of alkyl halides is 1. The monoisotopic (exact) mass is 486 g/mol. The van der Waals surface area contributed by atoms with Crippen molar-refractivity contribution < 1.29 is 18.0 Å². The molecular formula is C27H33F3N4O. The molecule has 0 unspecified atom stereocenters. The number of rotatable bonds is 9. The Hall–Kier alpha value is -3.13. The van der Waals surface area contributed by atoms with Gasteiger partial charge in [-0.15, -0.1) is 0 Å². The van der Waals surface area contributed by atoms with Gasteiger partial charge in [-0.05, 0) is 35.6 Å². The van der Waals surface area contributed by atoms with Crippen LogP contribution >= 0.6 is 0 Å². The van der Waals surface area contributed by atoms with Crippen LogP contribution in [0.25, 0.3) is 11.3 Å². The predicted molar refractivity (Wildman–Crippen MR) is 131 cm³/mol. The maximum absolute atomic E-state index is 14.7. The second-order valence-electron chi connectivity index (χ2n) is 9.91. The van der Waals surface area contributed by atoms with Crippen LogP contribution < -0.4 is 5.73 Å². The molecule has 0 aliphatic heterocycles. The van der Waals surface area contributed by atoms with Gasteiger partial charge in [0.25, 0.3) is 0 Å². The van der Waals surface area contributed by atoms with Crippen molar-refractivity contribution in [2.75, 3.05) is 13.2 Å². The lowest BCUT2D eigenvalue weighted by Gasteiger charge is -2.40. The summed E-state index contributed by atoms with van der Waals surface area (Å²) in [6.07, 6.45) is 1.97. The van der Waals surface area contributed by atoms with Gasteiger partial charge in [-0.2, -0.15) is 0 Å². The van der Waals surface area contributed by atoms with E-state index in [-0.39, 0.29) is 30.1 Å². The molecule has 1 aromatic heterocycles. The summed E-state index contributed by atoms with van der Waals surface area (Å²) in [5.74, 6) is -0.835. The number of amides is 1. The number of halogens is 3. The van der Waals surface area contributed by atoms with E-state index < -0.39 is 35.8 Å². The Morgan fingerprint density at radius 3 is 2.43 bits per heavy atom. The number of nitrogens with two attached hydrogens (primary N) is 1. The smallest absolute Gasteiger partial charge is 0.220 e. The van der Waals surface area contributed by atoms with E-state index in [4.69, 9.17) is 10.7 Å². The lowest BCUT2D eigenvalue weighted by Crippen LogP contribution is -2.43. The fourth-order valence-electron chi connectivity index (χ4n) is 4.22. The van der Waals surface area contributed by atoms with E-state index in [1.165, 1.54) is 6.92 Å². The minimum Gasteiger partial charge on any atom is -0.332 e. The minimum atomic E-state index is -0.683. The summed E-state index contributed by atoms with van der Waals surface area (Å²) < 4.78 is 43.6. The third kappa shape index (κ3) is 6.51. The molecule has 0 fully saturated rings. The number of hydrogen-bond donors (Lipinski definition) is 1. The van der Waals surface area contributed by atoms with Crippen molar-refractivity contribution >= 4 is 5.91 Å². The van der Waals surface area contributed by atoms with Crippen molar-refractivity contribution in [2.24, 2.45) is 11.1 Å². The Bertz CT molecular complexity index is 1140. The average molecular weight is 487 g/mol. The van der Waals surface area contributed by atoms with E-state index in [1.807, 2.05) is 55.7 Å². The topological polar surface area (TPSA) is 64.2 Å². The van der Waals surface area contributed by atoms with Crippen LogP contribution in [0.3, 0.4) is 0 Å². The van der Waals surface area contributed by atoms with Crippen LogP contribution in [0.2, 0.25) is 0 Å². The summed E-state index contributed by atoms with van der Waals surface area (Å²) >= 11 is 0. The minimum absolute atomic E-state index is 0.0412. The molecule has 0 aliphatic carbocycles. The quantitative estimate of drug-likeness (QED) is 0.434. The molecule has 0 bridgehead atoms. The highest BCUT2D eigenvalue weighted by Crippen LogP contribution is 2.39. The van der Waals surface area contributed by atoms with Crippen molar-refractivity contribution in [3.8, 4) is 11.3 Å². The first-order valence-electron chi connectivity index (χ1n) is 11.7. The van der Waals surface area contributed by atoms with Gasteiger partial charge in [-0.1, -0.05) is 51.1 Å². The zero-order valence-corrected chi connectivity index (χ0v) is 20.6. The average Bonchev–Trinajstić information content (AvgIpc) is 3.20. The van der Waals surface area contributed by atoms with Crippen LogP contribution in [0.15, 0.2) is 54.7 Å². The highest BCUT2D eigenvalue weighted by atomic mass is 19.1. The molecule has 1 heterocycles. The SMILES string of the molecule is CC(=O)N(CC[C@H](N)CF)[C@@H](c1nc(-c2cc(F)ccc2F)cn1Cc1ccccc1)C(C)(C)C. The van der Waals surface area contributed by atoms with E-state index in [0.29, 0.717) is 12.4 Å². The first-order valence-corrected chi connectivity index (χ1v) is 11.7.